The molecule has 9 heteroatoms. The summed E-state index contributed by atoms with van der Waals surface area (Å²) in [7, 11) is 4.35. The third kappa shape index (κ3) is 5.55. The highest BCUT2D eigenvalue weighted by atomic mass is 79.9. The van der Waals surface area contributed by atoms with Crippen LogP contribution in [-0.4, -0.2) is 45.5 Å². The third-order valence-corrected chi connectivity index (χ3v) is 5.55. The molecule has 0 saturated carbocycles. The lowest BCUT2D eigenvalue weighted by molar-refractivity contribution is -0.115. The minimum absolute atomic E-state index is 0.227. The molecule has 3 aromatic rings. The van der Waals surface area contributed by atoms with Gasteiger partial charge in [-0.25, -0.2) is 0 Å². The van der Waals surface area contributed by atoms with Gasteiger partial charge in [0, 0.05) is 15.6 Å². The van der Waals surface area contributed by atoms with E-state index in [-0.39, 0.29) is 17.9 Å². The number of methoxy groups -OCH3 is 3. The highest BCUT2D eigenvalue weighted by Gasteiger charge is 2.20. The number of hydrogen-bond acceptors (Lipinski definition) is 6. The van der Waals surface area contributed by atoms with Crippen molar-refractivity contribution in [3.63, 3.8) is 0 Å². The maximum absolute atomic E-state index is 13.0. The van der Waals surface area contributed by atoms with E-state index in [1.54, 1.807) is 42.5 Å². The van der Waals surface area contributed by atoms with Crippen LogP contribution in [0.1, 0.15) is 26.3 Å². The number of carbonyl (C=O) groups is 3. The Morgan fingerprint density at radius 1 is 0.824 bits per heavy atom. The molecule has 3 rings (SSSR count). The van der Waals surface area contributed by atoms with Gasteiger partial charge in [-0.15, -0.1) is 0 Å². The summed E-state index contributed by atoms with van der Waals surface area (Å²) in [5.41, 5.74) is 1.36. The SMILES string of the molecule is COc1cc(C(=O)NCC(=O)Nc2cccc(Br)c2C(=O)c2ccccc2)cc(OC)c1OC. The molecule has 0 saturated heterocycles. The van der Waals surface area contributed by atoms with Gasteiger partial charge in [-0.1, -0.05) is 36.4 Å². The highest BCUT2D eigenvalue weighted by Crippen LogP contribution is 2.38. The van der Waals surface area contributed by atoms with Crippen molar-refractivity contribution in [2.75, 3.05) is 33.2 Å². The maximum atomic E-state index is 13.0. The van der Waals surface area contributed by atoms with Crippen LogP contribution < -0.4 is 24.8 Å². The van der Waals surface area contributed by atoms with E-state index in [9.17, 15) is 14.4 Å². The number of amides is 2. The van der Waals surface area contributed by atoms with E-state index in [0.717, 1.165) is 0 Å². The average Bonchev–Trinajstić information content (AvgIpc) is 2.86. The zero-order valence-corrected chi connectivity index (χ0v) is 20.4. The van der Waals surface area contributed by atoms with Crippen molar-refractivity contribution < 1.29 is 28.6 Å². The van der Waals surface area contributed by atoms with Crippen molar-refractivity contribution in [1.82, 2.24) is 5.32 Å². The van der Waals surface area contributed by atoms with Crippen LogP contribution in [0, 0.1) is 0 Å². The summed E-state index contributed by atoms with van der Waals surface area (Å²) in [6, 6.07) is 16.8. The second-order valence-electron chi connectivity index (χ2n) is 7.00. The molecule has 0 aromatic heterocycles. The number of carbonyl (C=O) groups excluding carboxylic acids is 3. The summed E-state index contributed by atoms with van der Waals surface area (Å²) in [4.78, 5) is 38.3. The Balaban J connectivity index is 1.73. The molecule has 176 valence electrons. The molecule has 0 unspecified atom stereocenters. The molecular formula is C25H23BrN2O6. The largest absolute Gasteiger partial charge is 0.493 e. The average molecular weight is 527 g/mol. The lowest BCUT2D eigenvalue weighted by Gasteiger charge is -2.15. The smallest absolute Gasteiger partial charge is 0.251 e. The van der Waals surface area contributed by atoms with Crippen LogP contribution in [0.25, 0.3) is 0 Å². The number of hydrogen-bond donors (Lipinski definition) is 2. The monoisotopic (exact) mass is 526 g/mol. The normalized spacial score (nSPS) is 10.2. The second-order valence-corrected chi connectivity index (χ2v) is 7.86. The van der Waals surface area contributed by atoms with Gasteiger partial charge in [0.15, 0.2) is 17.3 Å². The number of rotatable bonds is 9. The summed E-state index contributed by atoms with van der Waals surface area (Å²) >= 11 is 3.39. The van der Waals surface area contributed by atoms with Crippen LogP contribution in [0.4, 0.5) is 5.69 Å². The van der Waals surface area contributed by atoms with Crippen molar-refractivity contribution in [3.05, 3.63) is 81.8 Å². The summed E-state index contributed by atoms with van der Waals surface area (Å²) in [6.45, 7) is -0.318. The number of ether oxygens (including phenoxy) is 3. The fraction of sp³-hybridized carbons (Fsp3) is 0.160. The number of nitrogens with one attached hydrogen (secondary N) is 2. The highest BCUT2D eigenvalue weighted by molar-refractivity contribution is 9.10. The van der Waals surface area contributed by atoms with Gasteiger partial charge in [0.25, 0.3) is 5.91 Å². The molecule has 8 nitrogen and oxygen atoms in total. The minimum atomic E-state index is -0.510. The summed E-state index contributed by atoms with van der Waals surface area (Å²) in [5.74, 6) is -0.274. The van der Waals surface area contributed by atoms with Crippen LogP contribution in [0.5, 0.6) is 17.2 Å². The van der Waals surface area contributed by atoms with Gasteiger partial charge in [-0.05, 0) is 40.2 Å². The van der Waals surface area contributed by atoms with E-state index in [1.165, 1.54) is 33.5 Å². The fourth-order valence-electron chi connectivity index (χ4n) is 3.26. The molecule has 34 heavy (non-hydrogen) atoms. The van der Waals surface area contributed by atoms with E-state index < -0.39 is 11.8 Å². The van der Waals surface area contributed by atoms with Gasteiger partial charge in [-0.2, -0.15) is 0 Å². The van der Waals surface area contributed by atoms with Crippen LogP contribution in [0.2, 0.25) is 0 Å². The topological polar surface area (TPSA) is 103 Å². The third-order valence-electron chi connectivity index (χ3n) is 4.89. The number of halogens is 1. The van der Waals surface area contributed by atoms with Crippen LogP contribution >= 0.6 is 15.9 Å². The van der Waals surface area contributed by atoms with Gasteiger partial charge in [0.1, 0.15) is 0 Å². The van der Waals surface area contributed by atoms with Crippen molar-refractivity contribution in [3.8, 4) is 17.2 Å². The Morgan fingerprint density at radius 3 is 2.06 bits per heavy atom. The summed E-state index contributed by atoms with van der Waals surface area (Å²) < 4.78 is 16.3. The van der Waals surface area contributed by atoms with Crippen molar-refractivity contribution >= 4 is 39.2 Å². The molecule has 0 aliphatic carbocycles. The molecular weight excluding hydrogens is 504 g/mol. The molecule has 2 N–H and O–H groups in total. The standard InChI is InChI=1S/C25H23BrN2O6/c1-32-19-12-16(13-20(33-2)24(19)34-3)25(31)27-14-21(29)28-18-11-7-10-17(26)22(18)23(30)15-8-5-4-6-9-15/h4-13H,14H2,1-3H3,(H,27,31)(H,28,29). The maximum Gasteiger partial charge on any atom is 0.251 e. The van der Waals surface area contributed by atoms with Gasteiger partial charge in [0.2, 0.25) is 11.7 Å². The molecule has 2 amide bonds. The van der Waals surface area contributed by atoms with Gasteiger partial charge < -0.3 is 24.8 Å². The molecule has 3 aromatic carbocycles. The molecule has 0 aliphatic rings. The van der Waals surface area contributed by atoms with Gasteiger partial charge in [0.05, 0.1) is 39.1 Å². The number of ketones is 1. The Kier molecular flexibility index (Phi) is 8.26. The van der Waals surface area contributed by atoms with E-state index in [1.807, 2.05) is 6.07 Å². The quantitative estimate of drug-likeness (QED) is 0.407. The van der Waals surface area contributed by atoms with Crippen molar-refractivity contribution in [2.24, 2.45) is 0 Å². The summed E-state index contributed by atoms with van der Waals surface area (Å²) in [5, 5.41) is 5.25. The minimum Gasteiger partial charge on any atom is -0.493 e. The summed E-state index contributed by atoms with van der Waals surface area (Å²) in [6.07, 6.45) is 0. The van der Waals surface area contributed by atoms with Crippen molar-refractivity contribution in [2.45, 2.75) is 0 Å². The molecule has 0 fully saturated rings. The van der Waals surface area contributed by atoms with Crippen LogP contribution in [0.3, 0.4) is 0 Å². The Labute approximate surface area is 205 Å². The lowest BCUT2D eigenvalue weighted by atomic mass is 10.0. The predicted molar refractivity (Wildman–Crippen MR) is 131 cm³/mol. The van der Waals surface area contributed by atoms with E-state index >= 15 is 0 Å². The molecule has 0 aliphatic heterocycles. The van der Waals surface area contributed by atoms with E-state index in [2.05, 4.69) is 26.6 Å². The molecule has 0 heterocycles. The first-order chi connectivity index (χ1) is 16.4. The van der Waals surface area contributed by atoms with Gasteiger partial charge >= 0.3 is 0 Å². The van der Waals surface area contributed by atoms with E-state index in [0.29, 0.717) is 38.5 Å². The molecule has 0 radical (unpaired) electrons. The number of benzene rings is 3. The second kappa shape index (κ2) is 11.3. The number of anilines is 1. The zero-order valence-electron chi connectivity index (χ0n) is 18.8. The molecule has 0 atom stereocenters. The Hall–Kier alpha value is -3.85. The predicted octanol–water partition coefficient (Wildman–Crippen LogP) is 4.07. The first-order valence-electron chi connectivity index (χ1n) is 10.2. The van der Waals surface area contributed by atoms with Crippen LogP contribution in [0.15, 0.2) is 65.1 Å². The zero-order chi connectivity index (χ0) is 24.7. The first-order valence-corrected chi connectivity index (χ1v) is 10.9. The molecule has 0 bridgehead atoms. The molecule has 0 spiro atoms. The van der Waals surface area contributed by atoms with Crippen LogP contribution in [-0.2, 0) is 4.79 Å². The first kappa shape index (κ1) is 24.8. The Morgan fingerprint density at radius 2 is 1.47 bits per heavy atom. The fourth-order valence-corrected chi connectivity index (χ4v) is 3.81. The Bertz CT molecular complexity index is 1190. The van der Waals surface area contributed by atoms with Gasteiger partial charge in [-0.3, -0.25) is 14.4 Å². The lowest BCUT2D eigenvalue weighted by Crippen LogP contribution is -2.33. The van der Waals surface area contributed by atoms with E-state index in [4.69, 9.17) is 14.2 Å². The van der Waals surface area contributed by atoms with Crippen molar-refractivity contribution in [1.29, 1.82) is 0 Å².